The number of fused-ring (bicyclic) bond motifs is 1. The smallest absolute Gasteiger partial charge is 0.0256 e. The van der Waals surface area contributed by atoms with Crippen LogP contribution in [0.4, 0.5) is 0 Å². The summed E-state index contributed by atoms with van der Waals surface area (Å²) in [5.74, 6) is 0. The lowest BCUT2D eigenvalue weighted by Crippen LogP contribution is -2.21. The maximum absolute atomic E-state index is 3.56. The highest BCUT2D eigenvalue weighted by Crippen LogP contribution is 2.20. The maximum atomic E-state index is 3.56. The minimum Gasteiger partial charge on any atom is -0.307 e. The Bertz CT molecular complexity index is 172. The van der Waals surface area contributed by atoms with E-state index in [9.17, 15) is 0 Å². The van der Waals surface area contributed by atoms with Crippen molar-refractivity contribution in [3.05, 3.63) is 11.6 Å². The molecule has 1 heteroatoms. The third-order valence-corrected chi connectivity index (χ3v) is 3.04. The number of rotatable bonds is 0. The van der Waals surface area contributed by atoms with Crippen molar-refractivity contribution in [2.75, 3.05) is 6.54 Å². The van der Waals surface area contributed by atoms with Crippen LogP contribution in [-0.4, -0.2) is 12.6 Å². The van der Waals surface area contributed by atoms with E-state index in [1.807, 2.05) is 0 Å². The van der Waals surface area contributed by atoms with Gasteiger partial charge in [0.05, 0.1) is 0 Å². The average Bonchev–Trinajstić information content (AvgIpc) is 2.51. The van der Waals surface area contributed by atoms with Gasteiger partial charge in [-0.05, 0) is 19.3 Å². The zero-order chi connectivity index (χ0) is 8.23. The predicted molar refractivity (Wildman–Crippen MR) is 52.2 cm³/mol. The fourth-order valence-corrected chi connectivity index (χ4v) is 2.27. The van der Waals surface area contributed by atoms with E-state index in [4.69, 9.17) is 0 Å². The van der Waals surface area contributed by atoms with Gasteiger partial charge in [-0.25, -0.2) is 0 Å². The van der Waals surface area contributed by atoms with Crippen LogP contribution in [0.2, 0.25) is 0 Å². The molecule has 0 aromatic carbocycles. The molecule has 0 fully saturated rings. The van der Waals surface area contributed by atoms with Crippen molar-refractivity contribution in [1.82, 2.24) is 5.32 Å². The molecule has 1 aliphatic heterocycles. The Hall–Kier alpha value is -0.300. The third kappa shape index (κ3) is 2.10. The molecule has 0 aromatic heterocycles. The van der Waals surface area contributed by atoms with E-state index in [-0.39, 0.29) is 0 Å². The van der Waals surface area contributed by atoms with Crippen molar-refractivity contribution in [3.8, 4) is 0 Å². The molecule has 12 heavy (non-hydrogen) atoms. The third-order valence-electron chi connectivity index (χ3n) is 3.04. The highest BCUT2D eigenvalue weighted by Gasteiger charge is 2.14. The molecule has 68 valence electrons. The van der Waals surface area contributed by atoms with E-state index in [1.165, 1.54) is 51.5 Å². The summed E-state index contributed by atoms with van der Waals surface area (Å²) >= 11 is 0. The van der Waals surface area contributed by atoms with Gasteiger partial charge in [0.2, 0.25) is 0 Å². The van der Waals surface area contributed by atoms with Crippen LogP contribution in [0.3, 0.4) is 0 Å². The SMILES string of the molecule is C1=C2CCCCCCCC1NC2. The van der Waals surface area contributed by atoms with E-state index < -0.39 is 0 Å². The molecule has 0 saturated heterocycles. The van der Waals surface area contributed by atoms with Gasteiger partial charge in [-0.1, -0.05) is 37.3 Å². The van der Waals surface area contributed by atoms with Crippen molar-refractivity contribution in [2.45, 2.75) is 51.0 Å². The standard InChI is InChI=1S/C11H19N/c1-2-4-6-10-8-11(12-9-10)7-5-3-1/h8,11-12H,1-7,9H2. The first-order chi connectivity index (χ1) is 5.95. The maximum Gasteiger partial charge on any atom is 0.0256 e. The molecule has 2 bridgehead atoms. The van der Waals surface area contributed by atoms with Gasteiger partial charge in [-0.15, -0.1) is 0 Å². The van der Waals surface area contributed by atoms with E-state index in [2.05, 4.69) is 11.4 Å². The molecule has 2 rings (SSSR count). The molecule has 1 aliphatic carbocycles. The minimum absolute atomic E-state index is 0.720. The van der Waals surface area contributed by atoms with E-state index in [1.54, 1.807) is 5.57 Å². The van der Waals surface area contributed by atoms with Crippen molar-refractivity contribution < 1.29 is 0 Å². The fraction of sp³-hybridized carbons (Fsp3) is 0.818. The summed E-state index contributed by atoms with van der Waals surface area (Å²) in [6, 6.07) is 0.720. The normalized spacial score (nSPS) is 31.3. The van der Waals surface area contributed by atoms with Gasteiger partial charge in [-0.2, -0.15) is 0 Å². The lowest BCUT2D eigenvalue weighted by Gasteiger charge is -2.08. The van der Waals surface area contributed by atoms with Crippen molar-refractivity contribution in [2.24, 2.45) is 0 Å². The van der Waals surface area contributed by atoms with Crippen LogP contribution < -0.4 is 5.32 Å². The van der Waals surface area contributed by atoms with Crippen LogP contribution in [0.25, 0.3) is 0 Å². The molecule has 1 N–H and O–H groups in total. The Morgan fingerprint density at radius 2 is 1.92 bits per heavy atom. The second-order valence-corrected chi connectivity index (χ2v) is 4.12. The summed E-state index contributed by atoms with van der Waals surface area (Å²) in [6.07, 6.45) is 12.4. The first-order valence-corrected chi connectivity index (χ1v) is 5.38. The number of hydrogen-bond acceptors (Lipinski definition) is 1. The molecule has 0 amide bonds. The molecular weight excluding hydrogens is 146 g/mol. The second kappa shape index (κ2) is 4.08. The van der Waals surface area contributed by atoms with Gasteiger partial charge >= 0.3 is 0 Å². The largest absolute Gasteiger partial charge is 0.307 e. The van der Waals surface area contributed by atoms with Crippen LogP contribution in [0.1, 0.15) is 44.9 Å². The van der Waals surface area contributed by atoms with E-state index >= 15 is 0 Å². The molecule has 0 saturated carbocycles. The molecule has 1 unspecified atom stereocenters. The van der Waals surface area contributed by atoms with Gasteiger partial charge in [-0.3, -0.25) is 0 Å². The summed E-state index contributed by atoms with van der Waals surface area (Å²) in [7, 11) is 0. The van der Waals surface area contributed by atoms with Gasteiger partial charge in [0.25, 0.3) is 0 Å². The Kier molecular flexibility index (Phi) is 2.83. The summed E-state index contributed by atoms with van der Waals surface area (Å²) in [4.78, 5) is 0. The van der Waals surface area contributed by atoms with Gasteiger partial charge in [0.15, 0.2) is 0 Å². The zero-order valence-corrected chi connectivity index (χ0v) is 7.81. The van der Waals surface area contributed by atoms with E-state index in [0.29, 0.717) is 0 Å². The van der Waals surface area contributed by atoms with Crippen LogP contribution in [0.5, 0.6) is 0 Å². The first kappa shape index (κ1) is 8.31. The van der Waals surface area contributed by atoms with Gasteiger partial charge < -0.3 is 5.32 Å². The molecule has 0 radical (unpaired) electrons. The minimum atomic E-state index is 0.720. The highest BCUT2D eigenvalue weighted by molar-refractivity contribution is 5.15. The van der Waals surface area contributed by atoms with E-state index in [0.717, 1.165) is 6.04 Å². The summed E-state index contributed by atoms with van der Waals surface area (Å²) < 4.78 is 0. The Morgan fingerprint density at radius 3 is 2.92 bits per heavy atom. The quantitative estimate of drug-likeness (QED) is 0.544. The van der Waals surface area contributed by atoms with Crippen LogP contribution in [0.15, 0.2) is 11.6 Å². The Morgan fingerprint density at radius 1 is 1.08 bits per heavy atom. The van der Waals surface area contributed by atoms with Crippen molar-refractivity contribution >= 4 is 0 Å². The first-order valence-electron chi connectivity index (χ1n) is 5.38. The topological polar surface area (TPSA) is 12.0 Å². The second-order valence-electron chi connectivity index (χ2n) is 4.12. The average molecular weight is 165 g/mol. The van der Waals surface area contributed by atoms with Gasteiger partial charge in [0, 0.05) is 12.6 Å². The lowest BCUT2D eigenvalue weighted by molar-refractivity contribution is 0.546. The molecule has 2 aliphatic rings. The van der Waals surface area contributed by atoms with Crippen LogP contribution in [0, 0.1) is 0 Å². The van der Waals surface area contributed by atoms with Crippen molar-refractivity contribution in [1.29, 1.82) is 0 Å². The summed E-state index contributed by atoms with van der Waals surface area (Å²) in [5, 5.41) is 3.56. The molecule has 1 heterocycles. The number of hydrogen-bond donors (Lipinski definition) is 1. The lowest BCUT2D eigenvalue weighted by atomic mass is 10.0. The fourth-order valence-electron chi connectivity index (χ4n) is 2.27. The molecule has 0 spiro atoms. The predicted octanol–water partition coefficient (Wildman–Crippen LogP) is 2.63. The molecule has 1 nitrogen and oxygen atoms in total. The molecule has 1 atom stereocenters. The summed E-state index contributed by atoms with van der Waals surface area (Å²) in [5.41, 5.74) is 1.67. The zero-order valence-electron chi connectivity index (χ0n) is 7.81. The number of nitrogens with one attached hydrogen (secondary N) is 1. The summed E-state index contributed by atoms with van der Waals surface area (Å²) in [6.45, 7) is 1.17. The Labute approximate surface area is 75.2 Å². The molecule has 0 aromatic rings. The van der Waals surface area contributed by atoms with Gasteiger partial charge in [0.1, 0.15) is 0 Å². The highest BCUT2D eigenvalue weighted by atomic mass is 14.9. The monoisotopic (exact) mass is 165 g/mol. The Balaban J connectivity index is 1.92. The molecular formula is C11H19N. The van der Waals surface area contributed by atoms with Crippen LogP contribution in [-0.2, 0) is 0 Å². The van der Waals surface area contributed by atoms with Crippen LogP contribution >= 0.6 is 0 Å². The van der Waals surface area contributed by atoms with Crippen molar-refractivity contribution in [3.63, 3.8) is 0 Å².